The fourth-order valence-electron chi connectivity index (χ4n) is 1.94. The quantitative estimate of drug-likeness (QED) is 0.787. The van der Waals surface area contributed by atoms with Gasteiger partial charge in [-0.1, -0.05) is 11.8 Å². The topological polar surface area (TPSA) is 64.4 Å². The van der Waals surface area contributed by atoms with Crippen LogP contribution in [0.15, 0.2) is 24.3 Å². The van der Waals surface area contributed by atoms with Gasteiger partial charge in [0.1, 0.15) is 0 Å². The van der Waals surface area contributed by atoms with Crippen LogP contribution in [0.25, 0.3) is 0 Å². The average molecular weight is 258 g/mol. The van der Waals surface area contributed by atoms with Crippen LogP contribution in [0.4, 0.5) is 0 Å². The van der Waals surface area contributed by atoms with Gasteiger partial charge in [-0.25, -0.2) is 0 Å². The van der Waals surface area contributed by atoms with E-state index in [1.165, 1.54) is 0 Å². The van der Waals surface area contributed by atoms with Gasteiger partial charge < -0.3 is 15.8 Å². The van der Waals surface area contributed by atoms with Crippen molar-refractivity contribution in [2.24, 2.45) is 11.7 Å². The molecule has 4 heteroatoms. The number of nitrogens with one attached hydrogen (secondary N) is 1. The van der Waals surface area contributed by atoms with Crippen LogP contribution in [-0.2, 0) is 4.74 Å². The van der Waals surface area contributed by atoms with Gasteiger partial charge in [-0.3, -0.25) is 4.79 Å². The van der Waals surface area contributed by atoms with Crippen molar-refractivity contribution < 1.29 is 9.53 Å². The largest absolute Gasteiger partial charge is 0.381 e. The van der Waals surface area contributed by atoms with Crippen molar-refractivity contribution in [3.8, 4) is 11.8 Å². The smallest absolute Gasteiger partial charge is 0.251 e. The summed E-state index contributed by atoms with van der Waals surface area (Å²) in [5.41, 5.74) is 6.82. The van der Waals surface area contributed by atoms with E-state index in [0.717, 1.165) is 25.2 Å². The highest BCUT2D eigenvalue weighted by molar-refractivity contribution is 5.94. The molecular formula is C15H18N2O2. The normalized spacial score (nSPS) is 17.6. The molecule has 1 aromatic rings. The monoisotopic (exact) mass is 258 g/mol. The zero-order valence-corrected chi connectivity index (χ0v) is 10.8. The number of carbonyl (C=O) groups is 1. The highest BCUT2D eigenvalue weighted by Gasteiger charge is 2.16. The fraction of sp³-hybridized carbons (Fsp3) is 0.400. The molecule has 0 radical (unpaired) electrons. The van der Waals surface area contributed by atoms with Crippen molar-refractivity contribution in [2.45, 2.75) is 6.42 Å². The van der Waals surface area contributed by atoms with Crippen molar-refractivity contribution >= 4 is 5.91 Å². The van der Waals surface area contributed by atoms with Crippen molar-refractivity contribution in [3.05, 3.63) is 35.4 Å². The van der Waals surface area contributed by atoms with Gasteiger partial charge in [0.15, 0.2) is 0 Å². The summed E-state index contributed by atoms with van der Waals surface area (Å²) in [5.74, 6) is 6.10. The Morgan fingerprint density at radius 3 is 2.84 bits per heavy atom. The molecule has 3 N–H and O–H groups in total. The molecular weight excluding hydrogens is 240 g/mol. The molecule has 0 bridgehead atoms. The van der Waals surface area contributed by atoms with Gasteiger partial charge in [0.25, 0.3) is 5.91 Å². The second-order valence-electron chi connectivity index (χ2n) is 4.52. The van der Waals surface area contributed by atoms with Crippen LogP contribution in [0.2, 0.25) is 0 Å². The molecule has 0 aliphatic carbocycles. The zero-order chi connectivity index (χ0) is 13.5. The molecule has 1 unspecified atom stereocenters. The molecule has 2 rings (SSSR count). The number of benzene rings is 1. The van der Waals surface area contributed by atoms with E-state index in [2.05, 4.69) is 17.2 Å². The Hall–Kier alpha value is -1.83. The van der Waals surface area contributed by atoms with Gasteiger partial charge in [-0.2, -0.15) is 0 Å². The molecule has 1 aliphatic rings. The summed E-state index contributed by atoms with van der Waals surface area (Å²) in [6, 6.07) is 7.22. The van der Waals surface area contributed by atoms with Crippen LogP contribution in [0, 0.1) is 17.8 Å². The van der Waals surface area contributed by atoms with Crippen LogP contribution in [0.3, 0.4) is 0 Å². The minimum atomic E-state index is -0.0507. The number of hydrogen-bond donors (Lipinski definition) is 2. The molecule has 1 aliphatic heterocycles. The van der Waals surface area contributed by atoms with E-state index in [4.69, 9.17) is 10.5 Å². The Balaban J connectivity index is 1.88. The van der Waals surface area contributed by atoms with Gasteiger partial charge in [-0.15, -0.1) is 0 Å². The van der Waals surface area contributed by atoms with Gasteiger partial charge in [0.05, 0.1) is 13.2 Å². The lowest BCUT2D eigenvalue weighted by Crippen LogP contribution is -2.29. The minimum Gasteiger partial charge on any atom is -0.381 e. The summed E-state index contributed by atoms with van der Waals surface area (Å²) in [7, 11) is 0. The summed E-state index contributed by atoms with van der Waals surface area (Å²) >= 11 is 0. The van der Waals surface area contributed by atoms with Crippen LogP contribution < -0.4 is 11.1 Å². The van der Waals surface area contributed by atoms with Gasteiger partial charge in [0.2, 0.25) is 0 Å². The maximum atomic E-state index is 11.9. The summed E-state index contributed by atoms with van der Waals surface area (Å²) in [5, 5.41) is 2.93. The van der Waals surface area contributed by atoms with Crippen LogP contribution in [0.5, 0.6) is 0 Å². The number of carbonyl (C=O) groups excluding carboxylic acids is 1. The molecule has 1 aromatic carbocycles. The first-order valence-electron chi connectivity index (χ1n) is 6.44. The Morgan fingerprint density at radius 2 is 2.21 bits per heavy atom. The van der Waals surface area contributed by atoms with Crippen molar-refractivity contribution in [1.29, 1.82) is 0 Å². The summed E-state index contributed by atoms with van der Waals surface area (Å²) in [6.45, 7) is 2.56. The predicted octanol–water partition coefficient (Wildman–Crippen LogP) is 0.763. The van der Waals surface area contributed by atoms with Crippen molar-refractivity contribution in [1.82, 2.24) is 5.32 Å². The van der Waals surface area contributed by atoms with Gasteiger partial charge in [-0.05, 0) is 30.7 Å². The maximum Gasteiger partial charge on any atom is 0.251 e. The molecule has 1 amide bonds. The van der Waals surface area contributed by atoms with E-state index in [1.54, 1.807) is 12.1 Å². The predicted molar refractivity (Wildman–Crippen MR) is 73.6 cm³/mol. The van der Waals surface area contributed by atoms with E-state index < -0.39 is 0 Å². The van der Waals surface area contributed by atoms with E-state index in [9.17, 15) is 4.79 Å². The second kappa shape index (κ2) is 6.93. The van der Waals surface area contributed by atoms with E-state index in [-0.39, 0.29) is 5.91 Å². The first-order valence-corrected chi connectivity index (χ1v) is 6.44. The second-order valence-corrected chi connectivity index (χ2v) is 4.52. The van der Waals surface area contributed by atoms with Gasteiger partial charge >= 0.3 is 0 Å². The van der Waals surface area contributed by atoms with E-state index >= 15 is 0 Å². The standard InChI is InChI=1S/C15H18N2O2/c16-8-1-2-12-3-5-14(6-4-12)15(18)17-10-13-7-9-19-11-13/h3-6,13H,7-11,16H2,(H,17,18). The molecule has 0 spiro atoms. The number of ether oxygens (including phenoxy) is 1. The summed E-state index contributed by atoms with van der Waals surface area (Å²) < 4.78 is 5.27. The van der Waals surface area contributed by atoms with Gasteiger partial charge in [0, 0.05) is 30.2 Å². The lowest BCUT2D eigenvalue weighted by atomic mass is 10.1. The van der Waals surface area contributed by atoms with Crippen LogP contribution >= 0.6 is 0 Å². The fourth-order valence-corrected chi connectivity index (χ4v) is 1.94. The number of rotatable bonds is 3. The number of amides is 1. The molecule has 1 fully saturated rings. The molecule has 4 nitrogen and oxygen atoms in total. The molecule has 1 saturated heterocycles. The summed E-state index contributed by atoms with van der Waals surface area (Å²) in [6.07, 6.45) is 1.02. The van der Waals surface area contributed by atoms with Crippen LogP contribution in [-0.4, -0.2) is 32.2 Å². The van der Waals surface area contributed by atoms with Crippen molar-refractivity contribution in [2.75, 3.05) is 26.3 Å². The Kier molecular flexibility index (Phi) is 4.96. The Bertz CT molecular complexity index is 479. The molecule has 0 saturated carbocycles. The third-order valence-corrected chi connectivity index (χ3v) is 3.06. The third-order valence-electron chi connectivity index (χ3n) is 3.06. The number of hydrogen-bond acceptors (Lipinski definition) is 3. The lowest BCUT2D eigenvalue weighted by Gasteiger charge is -2.09. The maximum absolute atomic E-state index is 11.9. The molecule has 1 atom stereocenters. The SMILES string of the molecule is NCC#Cc1ccc(C(=O)NCC2CCOC2)cc1. The first kappa shape index (κ1) is 13.6. The lowest BCUT2D eigenvalue weighted by molar-refractivity contribution is 0.0945. The molecule has 1 heterocycles. The Labute approximate surface area is 113 Å². The highest BCUT2D eigenvalue weighted by Crippen LogP contribution is 2.11. The minimum absolute atomic E-state index is 0.0507. The summed E-state index contributed by atoms with van der Waals surface area (Å²) in [4.78, 5) is 11.9. The average Bonchev–Trinajstić information content (AvgIpc) is 2.96. The number of nitrogens with two attached hydrogens (primary N) is 1. The molecule has 19 heavy (non-hydrogen) atoms. The first-order chi connectivity index (χ1) is 9.29. The molecule has 0 aromatic heterocycles. The highest BCUT2D eigenvalue weighted by atomic mass is 16.5. The van der Waals surface area contributed by atoms with E-state index in [1.807, 2.05) is 12.1 Å². The van der Waals surface area contributed by atoms with E-state index in [0.29, 0.717) is 24.6 Å². The van der Waals surface area contributed by atoms with Crippen LogP contribution in [0.1, 0.15) is 22.3 Å². The van der Waals surface area contributed by atoms with Crippen molar-refractivity contribution in [3.63, 3.8) is 0 Å². The zero-order valence-electron chi connectivity index (χ0n) is 10.8. The molecule has 100 valence electrons. The Morgan fingerprint density at radius 1 is 1.42 bits per heavy atom. The third kappa shape index (κ3) is 4.09.